The maximum atomic E-state index is 12.9. The number of hydrogen-bond donors (Lipinski definition) is 1. The molecule has 148 valence electrons. The number of rotatable bonds is 6. The molecule has 5 heteroatoms. The maximum absolute atomic E-state index is 12.9. The van der Waals surface area contributed by atoms with Crippen molar-refractivity contribution < 1.29 is 14.3 Å². The van der Waals surface area contributed by atoms with Gasteiger partial charge in [-0.05, 0) is 80.1 Å². The monoisotopic (exact) mass is 388 g/mol. The number of nitrogens with one attached hydrogen (secondary N) is 1. The average molecular weight is 388 g/mol. The third-order valence-electron chi connectivity index (χ3n) is 4.62. The second-order valence-corrected chi connectivity index (χ2v) is 6.65. The fourth-order valence-corrected chi connectivity index (χ4v) is 3.04. The zero-order chi connectivity index (χ0) is 20.8. The van der Waals surface area contributed by atoms with Crippen LogP contribution in [0.5, 0.6) is 5.75 Å². The summed E-state index contributed by atoms with van der Waals surface area (Å²) in [6.07, 6.45) is 0. The van der Waals surface area contributed by atoms with Crippen molar-refractivity contribution in [1.29, 1.82) is 0 Å². The Morgan fingerprint density at radius 1 is 0.931 bits per heavy atom. The topological polar surface area (TPSA) is 58.6 Å². The summed E-state index contributed by atoms with van der Waals surface area (Å²) >= 11 is 0. The van der Waals surface area contributed by atoms with E-state index in [0.29, 0.717) is 23.4 Å². The lowest BCUT2D eigenvalue weighted by Gasteiger charge is -2.21. The lowest BCUT2D eigenvalue weighted by molar-refractivity contribution is 0.0985. The number of ether oxygens (including phenoxy) is 1. The standard InChI is InChI=1S/C24H24N2O3/c1-4-26(21-7-5-6-17(2)16-21)24(28)19-10-8-18(9-11-19)23(27)25-20-12-14-22(29-3)15-13-20/h5-16H,4H2,1-3H3,(H,25,27). The highest BCUT2D eigenvalue weighted by Crippen LogP contribution is 2.20. The van der Waals surface area contributed by atoms with E-state index in [0.717, 1.165) is 17.0 Å². The molecule has 0 aromatic heterocycles. The number of amides is 2. The van der Waals surface area contributed by atoms with Crippen molar-refractivity contribution in [2.45, 2.75) is 13.8 Å². The summed E-state index contributed by atoms with van der Waals surface area (Å²) in [4.78, 5) is 27.1. The van der Waals surface area contributed by atoms with Gasteiger partial charge in [-0.15, -0.1) is 0 Å². The predicted octanol–water partition coefficient (Wildman–Crippen LogP) is 4.92. The lowest BCUT2D eigenvalue weighted by Crippen LogP contribution is -2.30. The molecule has 0 unspecified atom stereocenters. The predicted molar refractivity (Wildman–Crippen MR) is 116 cm³/mol. The Balaban J connectivity index is 1.72. The van der Waals surface area contributed by atoms with Crippen molar-refractivity contribution >= 4 is 23.2 Å². The summed E-state index contributed by atoms with van der Waals surface area (Å²) in [5.41, 5.74) is 3.65. The molecular formula is C24H24N2O3. The molecule has 0 atom stereocenters. The number of hydrogen-bond acceptors (Lipinski definition) is 3. The van der Waals surface area contributed by atoms with Crippen LogP contribution in [0.4, 0.5) is 11.4 Å². The van der Waals surface area contributed by atoms with E-state index in [-0.39, 0.29) is 11.8 Å². The molecule has 3 rings (SSSR count). The molecule has 0 saturated carbocycles. The van der Waals surface area contributed by atoms with Crippen molar-refractivity contribution in [2.75, 3.05) is 23.9 Å². The van der Waals surface area contributed by atoms with Crippen LogP contribution in [-0.4, -0.2) is 25.5 Å². The van der Waals surface area contributed by atoms with E-state index in [4.69, 9.17) is 4.74 Å². The fraction of sp³-hybridized carbons (Fsp3) is 0.167. The van der Waals surface area contributed by atoms with Gasteiger partial charge in [-0.1, -0.05) is 12.1 Å². The van der Waals surface area contributed by atoms with E-state index in [1.165, 1.54) is 0 Å². The Bertz CT molecular complexity index is 995. The smallest absolute Gasteiger partial charge is 0.258 e. The van der Waals surface area contributed by atoms with E-state index < -0.39 is 0 Å². The van der Waals surface area contributed by atoms with Crippen LogP contribution in [0.3, 0.4) is 0 Å². The Labute approximate surface area is 170 Å². The van der Waals surface area contributed by atoms with Gasteiger partial charge in [0.1, 0.15) is 5.75 Å². The van der Waals surface area contributed by atoms with Crippen LogP contribution in [-0.2, 0) is 0 Å². The van der Waals surface area contributed by atoms with Crippen LogP contribution in [0.25, 0.3) is 0 Å². The lowest BCUT2D eigenvalue weighted by atomic mass is 10.1. The normalized spacial score (nSPS) is 10.3. The van der Waals surface area contributed by atoms with Crippen LogP contribution in [0.15, 0.2) is 72.8 Å². The van der Waals surface area contributed by atoms with Crippen LogP contribution in [0.2, 0.25) is 0 Å². The van der Waals surface area contributed by atoms with E-state index in [9.17, 15) is 9.59 Å². The number of carbonyl (C=O) groups is 2. The van der Waals surface area contributed by atoms with Crippen molar-refractivity contribution in [3.63, 3.8) is 0 Å². The highest BCUT2D eigenvalue weighted by atomic mass is 16.5. The quantitative estimate of drug-likeness (QED) is 0.652. The number of methoxy groups -OCH3 is 1. The zero-order valence-corrected chi connectivity index (χ0v) is 16.8. The SMILES string of the molecule is CCN(C(=O)c1ccc(C(=O)Nc2ccc(OC)cc2)cc1)c1cccc(C)c1. The molecule has 0 radical (unpaired) electrons. The van der Waals surface area contributed by atoms with Gasteiger partial charge in [0.2, 0.25) is 0 Å². The molecule has 0 saturated heterocycles. The van der Waals surface area contributed by atoms with Crippen LogP contribution >= 0.6 is 0 Å². The fourth-order valence-electron chi connectivity index (χ4n) is 3.04. The Kier molecular flexibility index (Phi) is 6.29. The molecule has 3 aromatic rings. The average Bonchev–Trinajstić information content (AvgIpc) is 2.75. The molecule has 29 heavy (non-hydrogen) atoms. The highest BCUT2D eigenvalue weighted by molar-refractivity contribution is 6.08. The molecule has 5 nitrogen and oxygen atoms in total. The highest BCUT2D eigenvalue weighted by Gasteiger charge is 2.17. The van der Waals surface area contributed by atoms with E-state index in [1.54, 1.807) is 60.5 Å². The van der Waals surface area contributed by atoms with Gasteiger partial charge in [-0.2, -0.15) is 0 Å². The third kappa shape index (κ3) is 4.82. The number of anilines is 2. The first-order valence-electron chi connectivity index (χ1n) is 9.46. The molecule has 3 aromatic carbocycles. The van der Waals surface area contributed by atoms with Crippen LogP contribution < -0.4 is 15.0 Å². The molecule has 0 aliphatic rings. The van der Waals surface area contributed by atoms with Gasteiger partial charge in [0.25, 0.3) is 11.8 Å². The molecule has 0 heterocycles. The summed E-state index contributed by atoms with van der Waals surface area (Å²) in [5, 5.41) is 2.83. The zero-order valence-electron chi connectivity index (χ0n) is 16.8. The van der Waals surface area contributed by atoms with Gasteiger partial charge in [0.15, 0.2) is 0 Å². The van der Waals surface area contributed by atoms with E-state index in [2.05, 4.69) is 5.32 Å². The third-order valence-corrected chi connectivity index (χ3v) is 4.62. The second-order valence-electron chi connectivity index (χ2n) is 6.65. The minimum atomic E-state index is -0.236. The van der Waals surface area contributed by atoms with Crippen molar-refractivity contribution in [2.24, 2.45) is 0 Å². The Morgan fingerprint density at radius 2 is 1.59 bits per heavy atom. The largest absolute Gasteiger partial charge is 0.497 e. The summed E-state index contributed by atoms with van der Waals surface area (Å²) in [7, 11) is 1.59. The van der Waals surface area contributed by atoms with Gasteiger partial charge in [0, 0.05) is 29.0 Å². The van der Waals surface area contributed by atoms with Gasteiger partial charge in [-0.25, -0.2) is 0 Å². The number of nitrogens with zero attached hydrogens (tertiary/aromatic N) is 1. The molecule has 2 amide bonds. The molecule has 0 fully saturated rings. The molecule has 0 aliphatic heterocycles. The number of carbonyl (C=O) groups excluding carboxylic acids is 2. The van der Waals surface area contributed by atoms with Crippen molar-refractivity contribution in [1.82, 2.24) is 0 Å². The first kappa shape index (κ1) is 20.1. The first-order chi connectivity index (χ1) is 14.0. The second kappa shape index (κ2) is 9.06. The van der Waals surface area contributed by atoms with E-state index in [1.807, 2.05) is 38.1 Å². The van der Waals surface area contributed by atoms with Gasteiger partial charge < -0.3 is 15.0 Å². The summed E-state index contributed by atoms with van der Waals surface area (Å²) < 4.78 is 5.11. The van der Waals surface area contributed by atoms with Gasteiger partial charge >= 0.3 is 0 Å². The molecular weight excluding hydrogens is 364 g/mol. The maximum Gasteiger partial charge on any atom is 0.258 e. The van der Waals surface area contributed by atoms with Crippen molar-refractivity contribution in [3.05, 3.63) is 89.5 Å². The molecule has 1 N–H and O–H groups in total. The van der Waals surface area contributed by atoms with Crippen LogP contribution in [0, 0.1) is 6.92 Å². The Hall–Kier alpha value is -3.60. The summed E-state index contributed by atoms with van der Waals surface area (Å²) in [5.74, 6) is 0.389. The Morgan fingerprint density at radius 3 is 2.17 bits per heavy atom. The van der Waals surface area contributed by atoms with Gasteiger partial charge in [0.05, 0.1) is 7.11 Å². The molecule has 0 aliphatic carbocycles. The summed E-state index contributed by atoms with van der Waals surface area (Å²) in [6.45, 7) is 4.50. The minimum Gasteiger partial charge on any atom is -0.497 e. The summed E-state index contributed by atoms with van der Waals surface area (Å²) in [6, 6.07) is 21.6. The van der Waals surface area contributed by atoms with E-state index >= 15 is 0 Å². The first-order valence-corrected chi connectivity index (χ1v) is 9.46. The number of benzene rings is 3. The van der Waals surface area contributed by atoms with Gasteiger partial charge in [-0.3, -0.25) is 9.59 Å². The van der Waals surface area contributed by atoms with Crippen molar-refractivity contribution in [3.8, 4) is 5.75 Å². The number of aryl methyl sites for hydroxylation is 1. The molecule has 0 bridgehead atoms. The minimum absolute atomic E-state index is 0.0970. The van der Waals surface area contributed by atoms with Crippen LogP contribution in [0.1, 0.15) is 33.2 Å². The molecule has 0 spiro atoms.